The van der Waals surface area contributed by atoms with E-state index in [0.717, 1.165) is 19.5 Å². The number of hydrogen-bond acceptors (Lipinski definition) is 3. The van der Waals surface area contributed by atoms with Crippen LogP contribution in [0, 0.1) is 12.8 Å². The van der Waals surface area contributed by atoms with Gasteiger partial charge in [0, 0.05) is 24.7 Å². The monoisotopic (exact) mass is 268 g/mol. The van der Waals surface area contributed by atoms with Gasteiger partial charge in [0.05, 0.1) is 0 Å². The van der Waals surface area contributed by atoms with Crippen molar-refractivity contribution in [2.75, 3.05) is 13.1 Å². The number of pyridine rings is 1. The van der Waals surface area contributed by atoms with E-state index in [4.69, 9.17) is 4.74 Å². The molecule has 1 saturated heterocycles. The maximum atomic E-state index is 6.21. The molecule has 0 radical (unpaired) electrons. The minimum atomic E-state index is 0.0699. The number of rotatable bonds is 4. The Morgan fingerprint density at radius 3 is 2.80 bits per heavy atom. The van der Waals surface area contributed by atoms with Crippen molar-refractivity contribution in [1.29, 1.82) is 0 Å². The maximum Gasteiger partial charge on any atom is 0.214 e. The van der Waals surface area contributed by atoms with Crippen LogP contribution >= 0.6 is 0 Å². The second kappa shape index (κ2) is 6.06. The van der Waals surface area contributed by atoms with E-state index in [0.29, 0.717) is 11.8 Å². The lowest BCUT2D eigenvalue weighted by Gasteiger charge is -2.24. The van der Waals surface area contributed by atoms with Gasteiger partial charge in [-0.1, -0.05) is 30.3 Å². The third kappa shape index (κ3) is 2.99. The smallest absolute Gasteiger partial charge is 0.214 e. The molecule has 0 spiro atoms. The van der Waals surface area contributed by atoms with Gasteiger partial charge in [-0.2, -0.15) is 0 Å². The average Bonchev–Trinajstić information content (AvgIpc) is 3.00. The van der Waals surface area contributed by atoms with Crippen LogP contribution in [0.2, 0.25) is 0 Å². The lowest BCUT2D eigenvalue weighted by molar-refractivity contribution is 0.138. The normalized spacial score (nSPS) is 19.8. The Morgan fingerprint density at radius 2 is 2.10 bits per heavy atom. The first kappa shape index (κ1) is 13.1. The summed E-state index contributed by atoms with van der Waals surface area (Å²) >= 11 is 0. The Hall–Kier alpha value is -1.87. The van der Waals surface area contributed by atoms with E-state index in [1.807, 2.05) is 18.2 Å². The molecule has 1 N–H and O–H groups in total. The first-order valence-corrected chi connectivity index (χ1v) is 7.18. The third-order valence-corrected chi connectivity index (χ3v) is 3.79. The highest BCUT2D eigenvalue weighted by molar-refractivity contribution is 5.23. The molecule has 1 aromatic heterocycles. The molecule has 2 aromatic rings. The van der Waals surface area contributed by atoms with Crippen LogP contribution in [0.1, 0.15) is 23.7 Å². The summed E-state index contributed by atoms with van der Waals surface area (Å²) in [6, 6.07) is 14.4. The predicted molar refractivity (Wildman–Crippen MR) is 79.8 cm³/mol. The first-order chi connectivity index (χ1) is 9.83. The van der Waals surface area contributed by atoms with Crippen molar-refractivity contribution in [3.8, 4) is 5.88 Å². The molecule has 2 atom stereocenters. The van der Waals surface area contributed by atoms with E-state index >= 15 is 0 Å². The summed E-state index contributed by atoms with van der Waals surface area (Å²) in [5.41, 5.74) is 2.40. The van der Waals surface area contributed by atoms with Crippen molar-refractivity contribution < 1.29 is 4.74 Å². The van der Waals surface area contributed by atoms with Gasteiger partial charge in [0.25, 0.3) is 0 Å². The highest BCUT2D eigenvalue weighted by Crippen LogP contribution is 2.31. The molecule has 1 fully saturated rings. The Kier molecular flexibility index (Phi) is 3.97. The molecule has 3 rings (SSSR count). The molecule has 0 aliphatic carbocycles. The van der Waals surface area contributed by atoms with E-state index in [1.54, 1.807) is 6.20 Å². The van der Waals surface area contributed by atoms with Crippen LogP contribution in [-0.4, -0.2) is 18.1 Å². The van der Waals surface area contributed by atoms with Crippen molar-refractivity contribution >= 4 is 0 Å². The standard InChI is InChI=1S/C17H20N2O/c1-13-7-10-19-16(11-13)20-17(15-8-9-18-12-15)14-5-3-2-4-6-14/h2-7,10-11,15,17-18H,8-9,12H2,1H3/t15-,17-/m0/s1. The molecule has 3 nitrogen and oxygen atoms in total. The number of nitrogens with one attached hydrogen (secondary N) is 1. The van der Waals surface area contributed by atoms with Crippen molar-refractivity contribution in [2.45, 2.75) is 19.4 Å². The third-order valence-electron chi connectivity index (χ3n) is 3.79. The molecule has 1 aromatic carbocycles. The summed E-state index contributed by atoms with van der Waals surface area (Å²) in [6.45, 7) is 4.13. The van der Waals surface area contributed by atoms with E-state index in [2.05, 4.69) is 41.5 Å². The Bertz CT molecular complexity index is 550. The molecule has 3 heteroatoms. The largest absolute Gasteiger partial charge is 0.469 e. The van der Waals surface area contributed by atoms with Gasteiger partial charge in [-0.25, -0.2) is 4.98 Å². The first-order valence-electron chi connectivity index (χ1n) is 7.18. The number of hydrogen-bond donors (Lipinski definition) is 1. The zero-order chi connectivity index (χ0) is 13.8. The van der Waals surface area contributed by atoms with E-state index in [9.17, 15) is 0 Å². The van der Waals surface area contributed by atoms with Crippen molar-refractivity contribution in [3.63, 3.8) is 0 Å². The number of benzene rings is 1. The molecular formula is C17H20N2O. The number of ether oxygens (including phenoxy) is 1. The summed E-state index contributed by atoms with van der Waals surface area (Å²) in [5.74, 6) is 1.21. The number of nitrogens with zero attached hydrogens (tertiary/aromatic N) is 1. The molecule has 0 saturated carbocycles. The zero-order valence-corrected chi connectivity index (χ0v) is 11.8. The fraction of sp³-hybridized carbons (Fsp3) is 0.353. The molecule has 104 valence electrons. The SMILES string of the molecule is Cc1ccnc(O[C@@H](c2ccccc2)[C@H]2CCNC2)c1. The van der Waals surface area contributed by atoms with E-state index in [-0.39, 0.29) is 6.10 Å². The summed E-state index contributed by atoms with van der Waals surface area (Å²) in [4.78, 5) is 4.33. The molecule has 0 unspecified atom stereocenters. The van der Waals surface area contributed by atoms with Gasteiger partial charge in [0.1, 0.15) is 6.10 Å². The van der Waals surface area contributed by atoms with Gasteiger partial charge in [-0.15, -0.1) is 0 Å². The lowest BCUT2D eigenvalue weighted by atomic mass is 9.95. The zero-order valence-electron chi connectivity index (χ0n) is 11.8. The van der Waals surface area contributed by atoms with Crippen LogP contribution in [0.5, 0.6) is 5.88 Å². The second-order valence-electron chi connectivity index (χ2n) is 5.37. The summed E-state index contributed by atoms with van der Waals surface area (Å²) < 4.78 is 6.21. The molecule has 0 amide bonds. The maximum absolute atomic E-state index is 6.21. The fourth-order valence-electron chi connectivity index (χ4n) is 2.72. The molecule has 0 bridgehead atoms. The van der Waals surface area contributed by atoms with Crippen molar-refractivity contribution in [2.24, 2.45) is 5.92 Å². The van der Waals surface area contributed by atoms with Crippen LogP contribution in [0.15, 0.2) is 48.7 Å². The van der Waals surface area contributed by atoms with Gasteiger partial charge in [-0.05, 0) is 37.1 Å². The predicted octanol–water partition coefficient (Wildman–Crippen LogP) is 3.12. The summed E-state index contributed by atoms with van der Waals surface area (Å²) in [6.07, 6.45) is 3.02. The molecule has 1 aliphatic rings. The number of aromatic nitrogens is 1. The molecular weight excluding hydrogens is 248 g/mol. The van der Waals surface area contributed by atoms with Crippen molar-refractivity contribution in [3.05, 3.63) is 59.8 Å². The Morgan fingerprint density at radius 1 is 1.25 bits per heavy atom. The van der Waals surface area contributed by atoms with Gasteiger partial charge in [-0.3, -0.25) is 0 Å². The lowest BCUT2D eigenvalue weighted by Crippen LogP contribution is -2.21. The van der Waals surface area contributed by atoms with Gasteiger partial charge >= 0.3 is 0 Å². The molecule has 20 heavy (non-hydrogen) atoms. The van der Waals surface area contributed by atoms with Crippen molar-refractivity contribution in [1.82, 2.24) is 10.3 Å². The molecule has 2 heterocycles. The second-order valence-corrected chi connectivity index (χ2v) is 5.37. The van der Waals surface area contributed by atoms with Gasteiger partial charge in [0.2, 0.25) is 5.88 Å². The fourth-order valence-corrected chi connectivity index (χ4v) is 2.72. The van der Waals surface area contributed by atoms with Crippen LogP contribution in [0.3, 0.4) is 0 Å². The van der Waals surface area contributed by atoms with Crippen LogP contribution < -0.4 is 10.1 Å². The topological polar surface area (TPSA) is 34.1 Å². The Balaban J connectivity index is 1.85. The highest BCUT2D eigenvalue weighted by Gasteiger charge is 2.28. The minimum Gasteiger partial charge on any atom is -0.469 e. The van der Waals surface area contributed by atoms with Gasteiger partial charge in [0.15, 0.2) is 0 Å². The highest BCUT2D eigenvalue weighted by atomic mass is 16.5. The Labute approximate surface area is 120 Å². The van der Waals surface area contributed by atoms with E-state index in [1.165, 1.54) is 11.1 Å². The average molecular weight is 268 g/mol. The summed E-state index contributed by atoms with van der Waals surface area (Å²) in [7, 11) is 0. The molecule has 1 aliphatic heterocycles. The summed E-state index contributed by atoms with van der Waals surface area (Å²) in [5, 5.41) is 3.42. The van der Waals surface area contributed by atoms with Crippen LogP contribution in [-0.2, 0) is 0 Å². The minimum absolute atomic E-state index is 0.0699. The van der Waals surface area contributed by atoms with Crippen LogP contribution in [0.25, 0.3) is 0 Å². The number of aryl methyl sites for hydroxylation is 1. The van der Waals surface area contributed by atoms with Crippen LogP contribution in [0.4, 0.5) is 0 Å². The quantitative estimate of drug-likeness (QED) is 0.925. The van der Waals surface area contributed by atoms with Gasteiger partial charge < -0.3 is 10.1 Å². The van der Waals surface area contributed by atoms with E-state index < -0.39 is 0 Å².